The fourth-order valence-corrected chi connectivity index (χ4v) is 3.42. The van der Waals surface area contributed by atoms with Crippen molar-refractivity contribution in [1.82, 2.24) is 9.97 Å². The van der Waals surface area contributed by atoms with E-state index in [0.717, 1.165) is 17.6 Å². The Bertz CT molecular complexity index is 825. The zero-order chi connectivity index (χ0) is 21.7. The number of ether oxygens (including phenoxy) is 2. The van der Waals surface area contributed by atoms with E-state index in [1.54, 1.807) is 6.20 Å². The minimum atomic E-state index is -0.615. The number of rotatable bonds is 9. The Morgan fingerprint density at radius 1 is 1.20 bits per heavy atom. The van der Waals surface area contributed by atoms with Gasteiger partial charge >= 0.3 is 0 Å². The van der Waals surface area contributed by atoms with Crippen molar-refractivity contribution in [3.05, 3.63) is 42.1 Å². The van der Waals surface area contributed by atoms with E-state index in [2.05, 4.69) is 49.9 Å². The van der Waals surface area contributed by atoms with Gasteiger partial charge in [0, 0.05) is 6.20 Å². The van der Waals surface area contributed by atoms with Crippen molar-refractivity contribution < 1.29 is 14.3 Å². The fraction of sp³-hybridized carbons (Fsp3) is 0.522. The number of anilines is 2. The van der Waals surface area contributed by atoms with Crippen molar-refractivity contribution in [2.24, 2.45) is 11.8 Å². The predicted molar refractivity (Wildman–Crippen MR) is 118 cm³/mol. The maximum atomic E-state index is 11.5. The molecule has 0 saturated carbocycles. The summed E-state index contributed by atoms with van der Waals surface area (Å²) in [4.78, 5) is 22.4. The minimum absolute atomic E-state index is 0.0111. The summed E-state index contributed by atoms with van der Waals surface area (Å²) in [6.45, 7) is 11.8. The summed E-state index contributed by atoms with van der Waals surface area (Å²) in [6, 6.07) is 9.98. The number of benzene rings is 1. The summed E-state index contributed by atoms with van der Waals surface area (Å²) in [5, 5.41) is 3.35. The highest BCUT2D eigenvalue weighted by atomic mass is 16.5. The topological polar surface area (TPSA) is 76.6 Å². The van der Waals surface area contributed by atoms with Crippen molar-refractivity contribution in [2.75, 3.05) is 23.4 Å². The Kier molecular flexibility index (Phi) is 7.26. The van der Waals surface area contributed by atoms with Crippen LogP contribution in [0.1, 0.15) is 46.2 Å². The first kappa shape index (κ1) is 22.0. The van der Waals surface area contributed by atoms with Crippen molar-refractivity contribution in [2.45, 2.75) is 52.9 Å². The average Bonchev–Trinajstić information content (AvgIpc) is 3.17. The molecule has 1 aliphatic rings. The van der Waals surface area contributed by atoms with Gasteiger partial charge in [0.2, 0.25) is 5.95 Å². The third-order valence-electron chi connectivity index (χ3n) is 5.17. The number of carbonyl (C=O) groups excluding carboxylic acids is 1. The van der Waals surface area contributed by atoms with Crippen molar-refractivity contribution in [1.29, 1.82) is 0 Å². The Labute approximate surface area is 178 Å². The highest BCUT2D eigenvalue weighted by Crippen LogP contribution is 2.28. The smallest absolute Gasteiger partial charge is 0.225 e. The molecule has 3 rings (SSSR count). The standard InChI is InChI=1S/C23H32N4O3/c1-15(2)13-29-19-8-6-18(7-9-19)17(5)25-23-24-11-10-21(26-23)27-20(16(3)4)14-30-22(27)12-28/h6-12,15-17,20,22H,13-14H2,1-5H3,(H,24,25,26)/t17-,20+,22?/m0/s1. The van der Waals surface area contributed by atoms with E-state index in [-0.39, 0.29) is 12.1 Å². The maximum absolute atomic E-state index is 11.5. The fourth-order valence-electron chi connectivity index (χ4n) is 3.42. The van der Waals surface area contributed by atoms with Gasteiger partial charge in [0.25, 0.3) is 0 Å². The lowest BCUT2D eigenvalue weighted by atomic mass is 10.0. The summed E-state index contributed by atoms with van der Waals surface area (Å²) in [5.74, 6) is 2.89. The number of aromatic nitrogens is 2. The van der Waals surface area contributed by atoms with Crippen LogP contribution < -0.4 is 15.0 Å². The normalized spacial score (nSPS) is 19.9. The molecule has 1 aliphatic heterocycles. The Morgan fingerprint density at radius 3 is 2.57 bits per heavy atom. The van der Waals surface area contributed by atoms with E-state index < -0.39 is 6.23 Å². The number of carbonyl (C=O) groups is 1. The van der Waals surface area contributed by atoms with Crippen LogP contribution in [0, 0.1) is 11.8 Å². The Hall–Kier alpha value is -2.67. The SMILES string of the molecule is CC(C)COc1ccc([C@H](C)Nc2nccc(N3C(C=O)OC[C@@H]3C(C)C)n2)cc1. The molecule has 1 saturated heterocycles. The first-order chi connectivity index (χ1) is 14.4. The van der Waals surface area contributed by atoms with Gasteiger partial charge in [-0.15, -0.1) is 0 Å². The van der Waals surface area contributed by atoms with Crippen molar-refractivity contribution in [3.63, 3.8) is 0 Å². The lowest BCUT2D eigenvalue weighted by Gasteiger charge is -2.29. The average molecular weight is 413 g/mol. The van der Waals surface area contributed by atoms with Crippen LogP contribution in [0.2, 0.25) is 0 Å². The van der Waals surface area contributed by atoms with E-state index in [1.165, 1.54) is 0 Å². The van der Waals surface area contributed by atoms with Crippen LogP contribution >= 0.6 is 0 Å². The molecule has 162 valence electrons. The van der Waals surface area contributed by atoms with Crippen LogP contribution in [0.5, 0.6) is 5.75 Å². The van der Waals surface area contributed by atoms with Crippen LogP contribution in [-0.4, -0.2) is 41.7 Å². The first-order valence-electron chi connectivity index (χ1n) is 10.6. The summed E-state index contributed by atoms with van der Waals surface area (Å²) in [5.41, 5.74) is 1.11. The lowest BCUT2D eigenvalue weighted by Crippen LogP contribution is -2.41. The quantitative estimate of drug-likeness (QED) is 0.622. The molecule has 1 unspecified atom stereocenters. The van der Waals surface area contributed by atoms with Crippen LogP contribution in [0.3, 0.4) is 0 Å². The van der Waals surface area contributed by atoms with Crippen molar-refractivity contribution >= 4 is 18.1 Å². The lowest BCUT2D eigenvalue weighted by molar-refractivity contribution is -0.115. The Morgan fingerprint density at radius 2 is 1.93 bits per heavy atom. The molecule has 2 aromatic rings. The third-order valence-corrected chi connectivity index (χ3v) is 5.17. The maximum Gasteiger partial charge on any atom is 0.225 e. The molecule has 0 radical (unpaired) electrons. The molecule has 30 heavy (non-hydrogen) atoms. The van der Waals surface area contributed by atoms with Crippen LogP contribution in [-0.2, 0) is 9.53 Å². The van der Waals surface area contributed by atoms with Gasteiger partial charge in [-0.3, -0.25) is 4.79 Å². The van der Waals surface area contributed by atoms with Gasteiger partial charge in [0.15, 0.2) is 12.5 Å². The number of nitrogens with one attached hydrogen (secondary N) is 1. The molecule has 1 aromatic carbocycles. The second-order valence-corrected chi connectivity index (χ2v) is 8.46. The summed E-state index contributed by atoms with van der Waals surface area (Å²) < 4.78 is 11.4. The van der Waals surface area contributed by atoms with E-state index in [0.29, 0.717) is 36.8 Å². The second kappa shape index (κ2) is 9.89. The van der Waals surface area contributed by atoms with Gasteiger partial charge in [0.05, 0.1) is 25.3 Å². The molecule has 0 amide bonds. The molecule has 1 fully saturated rings. The molecule has 1 aromatic heterocycles. The molecular weight excluding hydrogens is 380 g/mol. The summed E-state index contributed by atoms with van der Waals surface area (Å²) >= 11 is 0. The molecule has 0 bridgehead atoms. The van der Waals surface area contributed by atoms with E-state index in [1.807, 2.05) is 35.2 Å². The number of nitrogens with zero attached hydrogens (tertiary/aromatic N) is 3. The molecule has 1 N–H and O–H groups in total. The molecule has 7 heteroatoms. The van der Waals surface area contributed by atoms with E-state index >= 15 is 0 Å². The molecule has 2 heterocycles. The Balaban J connectivity index is 1.71. The summed E-state index contributed by atoms with van der Waals surface area (Å²) in [6.07, 6.45) is 1.91. The predicted octanol–water partition coefficient (Wildman–Crippen LogP) is 4.07. The number of aldehydes is 1. The molecular formula is C23H32N4O3. The second-order valence-electron chi connectivity index (χ2n) is 8.46. The minimum Gasteiger partial charge on any atom is -0.493 e. The van der Waals surface area contributed by atoms with Gasteiger partial charge in [-0.25, -0.2) is 4.98 Å². The van der Waals surface area contributed by atoms with Gasteiger partial charge in [-0.05, 0) is 42.5 Å². The van der Waals surface area contributed by atoms with E-state index in [4.69, 9.17) is 9.47 Å². The van der Waals surface area contributed by atoms with Gasteiger partial charge in [0.1, 0.15) is 11.6 Å². The third kappa shape index (κ3) is 5.27. The number of hydrogen-bond donors (Lipinski definition) is 1. The van der Waals surface area contributed by atoms with Crippen LogP contribution in [0.4, 0.5) is 11.8 Å². The molecule has 0 aliphatic carbocycles. The molecule has 0 spiro atoms. The highest BCUT2D eigenvalue weighted by Gasteiger charge is 2.37. The number of hydrogen-bond acceptors (Lipinski definition) is 7. The van der Waals surface area contributed by atoms with Crippen molar-refractivity contribution in [3.8, 4) is 5.75 Å². The van der Waals surface area contributed by atoms with Gasteiger partial charge in [-0.2, -0.15) is 4.98 Å². The zero-order valence-corrected chi connectivity index (χ0v) is 18.4. The zero-order valence-electron chi connectivity index (χ0n) is 18.4. The first-order valence-corrected chi connectivity index (χ1v) is 10.6. The highest BCUT2D eigenvalue weighted by molar-refractivity contribution is 5.64. The van der Waals surface area contributed by atoms with Gasteiger partial charge in [-0.1, -0.05) is 39.8 Å². The van der Waals surface area contributed by atoms with Gasteiger partial charge < -0.3 is 19.7 Å². The largest absolute Gasteiger partial charge is 0.493 e. The summed E-state index contributed by atoms with van der Waals surface area (Å²) in [7, 11) is 0. The molecule has 3 atom stereocenters. The van der Waals surface area contributed by atoms with E-state index in [9.17, 15) is 4.79 Å². The molecule has 7 nitrogen and oxygen atoms in total. The monoisotopic (exact) mass is 412 g/mol. The van der Waals surface area contributed by atoms with Crippen LogP contribution in [0.25, 0.3) is 0 Å². The van der Waals surface area contributed by atoms with Crippen LogP contribution in [0.15, 0.2) is 36.5 Å².